The van der Waals surface area contributed by atoms with Crippen LogP contribution in [0.1, 0.15) is 18.1 Å². The van der Waals surface area contributed by atoms with E-state index in [9.17, 15) is 9.50 Å². The average molecular weight is 283 g/mol. The molecule has 1 rings (SSSR count). The maximum absolute atomic E-state index is 13.3. The Balaban J connectivity index is 3.02. The first-order valence-corrected chi connectivity index (χ1v) is 5.26. The molecule has 5 heteroatoms. The van der Waals surface area contributed by atoms with Crippen LogP contribution in [0.2, 0.25) is 5.02 Å². The molecule has 0 saturated carbocycles. The standard InChI is InChI=1S/C9H10BrClFNO/c10-6-3-5(9(14)1-2-13)8(12)4-7(6)11/h3-4,9,14H,1-2,13H2. The number of rotatable bonds is 3. The zero-order valence-electron chi connectivity index (χ0n) is 7.30. The number of aliphatic hydroxyl groups excluding tert-OH is 1. The molecule has 0 aromatic heterocycles. The topological polar surface area (TPSA) is 46.2 Å². The summed E-state index contributed by atoms with van der Waals surface area (Å²) < 4.78 is 13.9. The number of halogens is 3. The molecule has 1 aromatic carbocycles. The van der Waals surface area contributed by atoms with E-state index in [0.29, 0.717) is 17.4 Å². The van der Waals surface area contributed by atoms with Gasteiger partial charge in [0.1, 0.15) is 5.82 Å². The molecule has 2 nitrogen and oxygen atoms in total. The van der Waals surface area contributed by atoms with Crippen LogP contribution in [-0.2, 0) is 0 Å². The van der Waals surface area contributed by atoms with Crippen molar-refractivity contribution in [3.8, 4) is 0 Å². The molecule has 3 N–H and O–H groups in total. The highest BCUT2D eigenvalue weighted by atomic mass is 79.9. The predicted molar refractivity (Wildman–Crippen MR) is 57.7 cm³/mol. The molecule has 78 valence electrons. The van der Waals surface area contributed by atoms with Crippen LogP contribution >= 0.6 is 27.5 Å². The Hall–Kier alpha value is -0.160. The van der Waals surface area contributed by atoms with Gasteiger partial charge in [0.2, 0.25) is 0 Å². The van der Waals surface area contributed by atoms with Crippen molar-refractivity contribution in [3.05, 3.63) is 33.0 Å². The summed E-state index contributed by atoms with van der Waals surface area (Å²) >= 11 is 8.83. The fourth-order valence-electron chi connectivity index (χ4n) is 1.11. The van der Waals surface area contributed by atoms with Gasteiger partial charge in [0.15, 0.2) is 0 Å². The number of benzene rings is 1. The van der Waals surface area contributed by atoms with Crippen molar-refractivity contribution in [3.63, 3.8) is 0 Å². The second kappa shape index (κ2) is 5.07. The van der Waals surface area contributed by atoms with Gasteiger partial charge in [-0.25, -0.2) is 4.39 Å². The first kappa shape index (κ1) is 11.9. The monoisotopic (exact) mass is 281 g/mol. The SMILES string of the molecule is NCCC(O)c1cc(Br)c(Cl)cc1F. The second-order valence-corrected chi connectivity index (χ2v) is 4.14. The first-order valence-electron chi connectivity index (χ1n) is 4.09. The first-order chi connectivity index (χ1) is 6.56. The van der Waals surface area contributed by atoms with Gasteiger partial charge < -0.3 is 10.8 Å². The lowest BCUT2D eigenvalue weighted by atomic mass is 10.1. The molecule has 0 saturated heterocycles. The van der Waals surface area contributed by atoms with E-state index in [1.54, 1.807) is 0 Å². The van der Waals surface area contributed by atoms with E-state index in [1.807, 2.05) is 0 Å². The van der Waals surface area contributed by atoms with Gasteiger partial charge in [0, 0.05) is 10.0 Å². The molecule has 0 aliphatic carbocycles. The van der Waals surface area contributed by atoms with E-state index in [0.717, 1.165) is 0 Å². The smallest absolute Gasteiger partial charge is 0.130 e. The van der Waals surface area contributed by atoms with Crippen molar-refractivity contribution in [2.24, 2.45) is 5.73 Å². The van der Waals surface area contributed by atoms with Gasteiger partial charge >= 0.3 is 0 Å². The molecule has 0 amide bonds. The fraction of sp³-hybridized carbons (Fsp3) is 0.333. The molecule has 0 spiro atoms. The molecule has 0 fully saturated rings. The summed E-state index contributed by atoms with van der Waals surface area (Å²) in [5.41, 5.74) is 5.48. The van der Waals surface area contributed by atoms with Crippen LogP contribution in [-0.4, -0.2) is 11.7 Å². The normalized spacial score (nSPS) is 12.9. The van der Waals surface area contributed by atoms with E-state index in [2.05, 4.69) is 15.9 Å². The maximum Gasteiger partial charge on any atom is 0.130 e. The minimum absolute atomic E-state index is 0.215. The van der Waals surface area contributed by atoms with E-state index in [4.69, 9.17) is 17.3 Å². The van der Waals surface area contributed by atoms with Gasteiger partial charge in [-0.1, -0.05) is 11.6 Å². The Morgan fingerprint density at radius 1 is 1.57 bits per heavy atom. The highest BCUT2D eigenvalue weighted by Gasteiger charge is 2.14. The average Bonchev–Trinajstić information content (AvgIpc) is 2.11. The van der Waals surface area contributed by atoms with E-state index in [-0.39, 0.29) is 10.6 Å². The molecular formula is C9H10BrClFNO. The minimum atomic E-state index is -0.881. The molecule has 14 heavy (non-hydrogen) atoms. The van der Waals surface area contributed by atoms with Gasteiger partial charge in [-0.2, -0.15) is 0 Å². The Morgan fingerprint density at radius 2 is 2.21 bits per heavy atom. The van der Waals surface area contributed by atoms with Crippen molar-refractivity contribution in [2.45, 2.75) is 12.5 Å². The second-order valence-electron chi connectivity index (χ2n) is 2.88. The van der Waals surface area contributed by atoms with E-state index < -0.39 is 11.9 Å². The summed E-state index contributed by atoms with van der Waals surface area (Å²) in [6.07, 6.45) is -0.557. The van der Waals surface area contributed by atoms with Crippen LogP contribution < -0.4 is 5.73 Å². The van der Waals surface area contributed by atoms with E-state index in [1.165, 1.54) is 12.1 Å². The minimum Gasteiger partial charge on any atom is -0.388 e. The highest BCUT2D eigenvalue weighted by Crippen LogP contribution is 2.29. The summed E-state index contributed by atoms with van der Waals surface area (Å²) in [7, 11) is 0. The number of nitrogens with two attached hydrogens (primary N) is 1. The summed E-state index contributed by atoms with van der Waals surface area (Å²) in [6, 6.07) is 2.64. The molecule has 1 unspecified atom stereocenters. The van der Waals surface area contributed by atoms with Crippen LogP contribution in [0.15, 0.2) is 16.6 Å². The maximum atomic E-state index is 13.3. The van der Waals surface area contributed by atoms with Crippen LogP contribution in [0.5, 0.6) is 0 Å². The van der Waals surface area contributed by atoms with Crippen molar-refractivity contribution in [1.29, 1.82) is 0 Å². The molecule has 0 aliphatic rings. The van der Waals surface area contributed by atoms with Gasteiger partial charge in [-0.05, 0) is 41.0 Å². The van der Waals surface area contributed by atoms with Gasteiger partial charge in [-0.15, -0.1) is 0 Å². The third-order valence-corrected chi connectivity index (χ3v) is 3.04. The molecule has 0 aliphatic heterocycles. The lowest BCUT2D eigenvalue weighted by molar-refractivity contribution is 0.165. The summed E-state index contributed by atoms with van der Waals surface area (Å²) in [6.45, 7) is 0.306. The Labute approximate surface area is 95.0 Å². The van der Waals surface area contributed by atoms with Crippen LogP contribution in [0.25, 0.3) is 0 Å². The zero-order valence-corrected chi connectivity index (χ0v) is 9.65. The predicted octanol–water partition coefficient (Wildman–Crippen LogP) is 2.62. The third-order valence-electron chi connectivity index (χ3n) is 1.84. The molecule has 1 atom stereocenters. The van der Waals surface area contributed by atoms with Crippen LogP contribution in [0.3, 0.4) is 0 Å². The van der Waals surface area contributed by atoms with Crippen LogP contribution in [0.4, 0.5) is 4.39 Å². The van der Waals surface area contributed by atoms with E-state index >= 15 is 0 Å². The van der Waals surface area contributed by atoms with Crippen molar-refractivity contribution < 1.29 is 9.50 Å². The molecule has 0 heterocycles. The van der Waals surface area contributed by atoms with Crippen LogP contribution in [0, 0.1) is 5.82 Å². The summed E-state index contributed by atoms with van der Waals surface area (Å²) in [5, 5.41) is 9.82. The molecule has 1 aromatic rings. The summed E-state index contributed by atoms with van der Waals surface area (Å²) in [5.74, 6) is -0.515. The zero-order chi connectivity index (χ0) is 10.7. The number of hydrogen-bond donors (Lipinski definition) is 2. The molecule has 0 radical (unpaired) electrons. The molecule has 0 bridgehead atoms. The largest absolute Gasteiger partial charge is 0.388 e. The van der Waals surface area contributed by atoms with Gasteiger partial charge in [0.05, 0.1) is 11.1 Å². The quantitative estimate of drug-likeness (QED) is 0.837. The summed E-state index contributed by atoms with van der Waals surface area (Å²) in [4.78, 5) is 0. The van der Waals surface area contributed by atoms with Crippen molar-refractivity contribution in [2.75, 3.05) is 6.54 Å². The van der Waals surface area contributed by atoms with Gasteiger partial charge in [0.25, 0.3) is 0 Å². The number of aliphatic hydroxyl groups is 1. The lowest BCUT2D eigenvalue weighted by Gasteiger charge is -2.11. The Kier molecular flexibility index (Phi) is 4.31. The fourth-order valence-corrected chi connectivity index (χ4v) is 1.62. The highest BCUT2D eigenvalue weighted by molar-refractivity contribution is 9.10. The van der Waals surface area contributed by atoms with Crippen molar-refractivity contribution in [1.82, 2.24) is 0 Å². The lowest BCUT2D eigenvalue weighted by Crippen LogP contribution is -2.08. The molecular weight excluding hydrogens is 272 g/mol. The Morgan fingerprint density at radius 3 is 2.79 bits per heavy atom. The van der Waals surface area contributed by atoms with Crippen molar-refractivity contribution >= 4 is 27.5 Å². The van der Waals surface area contributed by atoms with Gasteiger partial charge in [-0.3, -0.25) is 0 Å². The third kappa shape index (κ3) is 2.67. The Bertz CT molecular complexity index is 335. The number of hydrogen-bond acceptors (Lipinski definition) is 2.